The monoisotopic (exact) mass is 341 g/mol. The van der Waals surface area contributed by atoms with Gasteiger partial charge in [0.2, 0.25) is 5.91 Å². The summed E-state index contributed by atoms with van der Waals surface area (Å²) in [5.41, 5.74) is 2.70. The smallest absolute Gasteiger partial charge is 0.334 e. The van der Waals surface area contributed by atoms with Gasteiger partial charge in [-0.05, 0) is 49.1 Å². The third-order valence-corrected chi connectivity index (χ3v) is 4.85. The molecule has 1 amide bonds. The molecular weight excluding hydrogens is 318 g/mol. The topological polar surface area (TPSA) is 55.8 Å². The Bertz CT molecular complexity index is 718. The summed E-state index contributed by atoms with van der Waals surface area (Å²) in [6, 6.07) is 7.61. The second-order valence-corrected chi connectivity index (χ2v) is 6.36. The van der Waals surface area contributed by atoms with Gasteiger partial charge in [-0.2, -0.15) is 0 Å². The molecule has 132 valence electrons. The van der Waals surface area contributed by atoms with E-state index >= 15 is 0 Å². The first-order valence-corrected chi connectivity index (χ1v) is 8.57. The number of hydrogen-bond donors (Lipinski definition) is 0. The van der Waals surface area contributed by atoms with E-state index in [1.54, 1.807) is 13.2 Å². The Morgan fingerprint density at radius 2 is 2.04 bits per heavy atom. The number of methoxy groups -OCH3 is 1. The Kier molecular flexibility index (Phi) is 5.22. The van der Waals surface area contributed by atoms with Gasteiger partial charge in [0.1, 0.15) is 5.75 Å². The number of carbonyl (C=O) groups excluding carboxylic acids is 2. The fraction of sp³-hybridized carbons (Fsp3) is 0.400. The zero-order chi connectivity index (χ0) is 17.8. The molecule has 1 saturated heterocycles. The van der Waals surface area contributed by atoms with E-state index in [-0.39, 0.29) is 17.9 Å². The van der Waals surface area contributed by atoms with Gasteiger partial charge in [0.25, 0.3) is 0 Å². The lowest BCUT2D eigenvalue weighted by atomic mass is 9.96. The maximum atomic E-state index is 12.6. The van der Waals surface area contributed by atoms with Gasteiger partial charge in [-0.1, -0.05) is 18.2 Å². The average Bonchev–Trinajstić information content (AvgIpc) is 2.97. The lowest BCUT2D eigenvalue weighted by Gasteiger charge is -2.31. The number of nitrogens with zero attached hydrogens (tertiary/aromatic N) is 1. The largest absolute Gasteiger partial charge is 0.497 e. The summed E-state index contributed by atoms with van der Waals surface area (Å²) < 4.78 is 10.3. The van der Waals surface area contributed by atoms with Gasteiger partial charge in [0, 0.05) is 18.5 Å². The van der Waals surface area contributed by atoms with Crippen LogP contribution in [0.15, 0.2) is 47.6 Å². The Labute approximate surface area is 147 Å². The van der Waals surface area contributed by atoms with Crippen LogP contribution in [0.4, 0.5) is 0 Å². The lowest BCUT2D eigenvalue weighted by Crippen LogP contribution is -2.39. The van der Waals surface area contributed by atoms with E-state index in [4.69, 9.17) is 9.47 Å². The first-order chi connectivity index (χ1) is 12.1. The van der Waals surface area contributed by atoms with Crippen LogP contribution in [0.2, 0.25) is 0 Å². The minimum atomic E-state index is -0.244. The van der Waals surface area contributed by atoms with Crippen molar-refractivity contribution < 1.29 is 19.1 Å². The number of allylic oxidation sites excluding steroid dienone is 1. The van der Waals surface area contributed by atoms with E-state index in [1.165, 1.54) is 0 Å². The number of rotatable bonds is 4. The molecule has 3 rings (SSSR count). The zero-order valence-corrected chi connectivity index (χ0v) is 14.7. The van der Waals surface area contributed by atoms with Gasteiger partial charge in [0.15, 0.2) is 0 Å². The standard InChI is InChI=1S/C20H23NO4/c1-14(17-11-12-25-20(17)23)18-5-3-4-6-19(22)21(18)13-15-7-9-16(24-2)10-8-15/h4,6-10,18H,3,5,11-13H2,1-2H3/b17-14-/t18-/m1/s1. The summed E-state index contributed by atoms with van der Waals surface area (Å²) in [5, 5.41) is 0. The number of hydrogen-bond acceptors (Lipinski definition) is 4. The molecule has 1 atom stereocenters. The van der Waals surface area contributed by atoms with Crippen molar-refractivity contribution in [2.45, 2.75) is 38.8 Å². The Morgan fingerprint density at radius 3 is 2.68 bits per heavy atom. The predicted octanol–water partition coefficient (Wildman–Crippen LogP) is 3.01. The molecule has 0 N–H and O–H groups in total. The molecule has 0 aliphatic carbocycles. The zero-order valence-electron chi connectivity index (χ0n) is 14.7. The Morgan fingerprint density at radius 1 is 1.28 bits per heavy atom. The molecular formula is C20H23NO4. The number of amides is 1. The van der Waals surface area contributed by atoms with Crippen molar-refractivity contribution in [3.05, 3.63) is 53.1 Å². The predicted molar refractivity (Wildman–Crippen MR) is 94.0 cm³/mol. The van der Waals surface area contributed by atoms with Gasteiger partial charge in [-0.15, -0.1) is 0 Å². The van der Waals surface area contributed by atoms with Crippen LogP contribution in [0.3, 0.4) is 0 Å². The molecule has 2 aliphatic heterocycles. The van der Waals surface area contributed by atoms with Gasteiger partial charge in [-0.3, -0.25) is 4.79 Å². The normalized spacial score (nSPS) is 22.6. The average molecular weight is 341 g/mol. The van der Waals surface area contributed by atoms with Crippen LogP contribution in [0.1, 0.15) is 31.7 Å². The second-order valence-electron chi connectivity index (χ2n) is 6.36. The van der Waals surface area contributed by atoms with Crippen molar-refractivity contribution in [1.82, 2.24) is 4.90 Å². The van der Waals surface area contributed by atoms with Crippen molar-refractivity contribution in [1.29, 1.82) is 0 Å². The SMILES string of the molecule is COc1ccc(CN2C(=O)C=CCC[C@@H]2/C(C)=C2/CCOC2=O)cc1. The van der Waals surface area contributed by atoms with Gasteiger partial charge in [0.05, 0.1) is 19.8 Å². The molecule has 5 nitrogen and oxygen atoms in total. The van der Waals surface area contributed by atoms with Crippen LogP contribution in [0.5, 0.6) is 5.75 Å². The molecule has 1 fully saturated rings. The van der Waals surface area contributed by atoms with Crippen LogP contribution >= 0.6 is 0 Å². The third kappa shape index (κ3) is 3.76. The summed E-state index contributed by atoms with van der Waals surface area (Å²) in [5.74, 6) is 0.519. The summed E-state index contributed by atoms with van der Waals surface area (Å²) in [4.78, 5) is 26.4. The van der Waals surface area contributed by atoms with Crippen LogP contribution in [-0.2, 0) is 20.9 Å². The minimum absolute atomic E-state index is 0.0235. The van der Waals surface area contributed by atoms with E-state index in [1.807, 2.05) is 42.2 Å². The van der Waals surface area contributed by atoms with Crippen molar-refractivity contribution in [2.75, 3.05) is 13.7 Å². The summed E-state index contributed by atoms with van der Waals surface area (Å²) in [6.45, 7) is 2.88. The molecule has 5 heteroatoms. The fourth-order valence-corrected chi connectivity index (χ4v) is 3.40. The molecule has 0 radical (unpaired) electrons. The van der Waals surface area contributed by atoms with Crippen LogP contribution in [0, 0.1) is 0 Å². The molecule has 1 aromatic rings. The summed E-state index contributed by atoms with van der Waals surface area (Å²) in [7, 11) is 1.63. The molecule has 0 bridgehead atoms. The van der Waals surface area contributed by atoms with Crippen LogP contribution < -0.4 is 4.74 Å². The third-order valence-electron chi connectivity index (χ3n) is 4.85. The van der Waals surface area contributed by atoms with Crippen molar-refractivity contribution in [2.24, 2.45) is 0 Å². The van der Waals surface area contributed by atoms with E-state index in [2.05, 4.69) is 0 Å². The molecule has 0 aromatic heterocycles. The van der Waals surface area contributed by atoms with Crippen molar-refractivity contribution in [3.63, 3.8) is 0 Å². The van der Waals surface area contributed by atoms with Crippen molar-refractivity contribution in [3.8, 4) is 5.75 Å². The number of carbonyl (C=O) groups is 2. The van der Waals surface area contributed by atoms with Crippen molar-refractivity contribution >= 4 is 11.9 Å². The molecule has 2 aliphatic rings. The minimum Gasteiger partial charge on any atom is -0.497 e. The number of benzene rings is 1. The highest BCUT2D eigenvalue weighted by atomic mass is 16.5. The van der Waals surface area contributed by atoms with Gasteiger partial charge < -0.3 is 14.4 Å². The van der Waals surface area contributed by atoms with Gasteiger partial charge in [-0.25, -0.2) is 4.79 Å². The Balaban J connectivity index is 1.89. The highest BCUT2D eigenvalue weighted by molar-refractivity contribution is 5.92. The molecule has 0 saturated carbocycles. The first-order valence-electron chi connectivity index (χ1n) is 8.57. The van der Waals surface area contributed by atoms with E-state index in [0.717, 1.165) is 35.3 Å². The van der Waals surface area contributed by atoms with Crippen LogP contribution in [-0.4, -0.2) is 36.5 Å². The molecule has 2 heterocycles. The number of cyclic esters (lactones) is 1. The molecule has 0 unspecified atom stereocenters. The molecule has 25 heavy (non-hydrogen) atoms. The Hall–Kier alpha value is -2.56. The van der Waals surface area contributed by atoms with E-state index in [9.17, 15) is 9.59 Å². The van der Waals surface area contributed by atoms with E-state index in [0.29, 0.717) is 19.6 Å². The number of esters is 1. The first kappa shape index (κ1) is 17.3. The summed E-state index contributed by atoms with van der Waals surface area (Å²) in [6.07, 6.45) is 5.79. The number of ether oxygens (including phenoxy) is 2. The quantitative estimate of drug-likeness (QED) is 0.624. The maximum absolute atomic E-state index is 12.6. The molecule has 0 spiro atoms. The summed E-state index contributed by atoms with van der Waals surface area (Å²) >= 11 is 0. The highest BCUT2D eigenvalue weighted by Crippen LogP contribution is 2.28. The lowest BCUT2D eigenvalue weighted by molar-refractivity contribution is -0.135. The van der Waals surface area contributed by atoms with Gasteiger partial charge >= 0.3 is 5.97 Å². The van der Waals surface area contributed by atoms with Crippen LogP contribution in [0.25, 0.3) is 0 Å². The second kappa shape index (κ2) is 7.55. The maximum Gasteiger partial charge on any atom is 0.334 e. The molecule has 1 aromatic carbocycles. The highest BCUT2D eigenvalue weighted by Gasteiger charge is 2.30. The fourth-order valence-electron chi connectivity index (χ4n) is 3.40. The van der Waals surface area contributed by atoms with E-state index < -0.39 is 0 Å².